The molecule has 0 bridgehead atoms. The average Bonchev–Trinajstić information content (AvgIpc) is 2.17. The van der Waals surface area contributed by atoms with E-state index in [9.17, 15) is 4.79 Å². The first-order valence-electron chi connectivity index (χ1n) is 4.15. The van der Waals surface area contributed by atoms with Gasteiger partial charge >= 0.3 is 0 Å². The summed E-state index contributed by atoms with van der Waals surface area (Å²) in [6, 6.07) is 9.17. The molecule has 1 aromatic carbocycles. The molecule has 13 heavy (non-hydrogen) atoms. The first kappa shape index (κ1) is 10.2. The van der Waals surface area contributed by atoms with E-state index in [1.807, 2.05) is 37.3 Å². The van der Waals surface area contributed by atoms with E-state index in [-0.39, 0.29) is 0 Å². The lowest BCUT2D eigenvalue weighted by Crippen LogP contribution is -2.41. The highest BCUT2D eigenvalue weighted by Gasteiger charge is 2.32. The van der Waals surface area contributed by atoms with Gasteiger partial charge in [0, 0.05) is 0 Å². The van der Waals surface area contributed by atoms with Crippen LogP contribution >= 0.6 is 11.6 Å². The molecule has 0 aliphatic heterocycles. The van der Waals surface area contributed by atoms with Crippen molar-refractivity contribution in [3.8, 4) is 0 Å². The highest BCUT2D eigenvalue weighted by Crippen LogP contribution is 2.24. The van der Waals surface area contributed by atoms with Crippen LogP contribution in [-0.2, 0) is 10.3 Å². The molecule has 0 aliphatic carbocycles. The van der Waals surface area contributed by atoms with Crippen LogP contribution in [0.5, 0.6) is 0 Å². The Balaban J connectivity index is 3.11. The second-order valence-electron chi connectivity index (χ2n) is 2.96. The lowest BCUT2D eigenvalue weighted by atomic mass is 9.90. The molecule has 1 atom stereocenters. The molecule has 0 heterocycles. The van der Waals surface area contributed by atoms with Crippen LogP contribution in [-0.4, -0.2) is 5.24 Å². The zero-order valence-electron chi connectivity index (χ0n) is 7.46. The normalized spacial score (nSPS) is 15.0. The van der Waals surface area contributed by atoms with Gasteiger partial charge in [0.25, 0.3) is 0 Å². The van der Waals surface area contributed by atoms with Gasteiger partial charge in [-0.25, -0.2) is 0 Å². The van der Waals surface area contributed by atoms with E-state index in [1.165, 1.54) is 0 Å². The van der Waals surface area contributed by atoms with Crippen molar-refractivity contribution < 1.29 is 4.79 Å². The first-order valence-corrected chi connectivity index (χ1v) is 4.53. The van der Waals surface area contributed by atoms with Gasteiger partial charge in [-0.15, -0.1) is 0 Å². The molecule has 2 N–H and O–H groups in total. The van der Waals surface area contributed by atoms with E-state index in [0.717, 1.165) is 5.56 Å². The molecular formula is C10H12ClNO. The fraction of sp³-hybridized carbons (Fsp3) is 0.300. The molecule has 70 valence electrons. The van der Waals surface area contributed by atoms with Crippen molar-refractivity contribution in [1.82, 2.24) is 0 Å². The highest BCUT2D eigenvalue weighted by molar-refractivity contribution is 6.65. The molecule has 1 rings (SSSR count). The molecule has 2 nitrogen and oxygen atoms in total. The molecule has 3 heteroatoms. The Morgan fingerprint density at radius 3 is 2.38 bits per heavy atom. The van der Waals surface area contributed by atoms with Crippen LogP contribution < -0.4 is 5.73 Å². The summed E-state index contributed by atoms with van der Waals surface area (Å²) in [7, 11) is 0. The molecule has 0 amide bonds. The summed E-state index contributed by atoms with van der Waals surface area (Å²) in [4.78, 5) is 11.1. The summed E-state index contributed by atoms with van der Waals surface area (Å²) in [6.07, 6.45) is 0.499. The first-order chi connectivity index (χ1) is 6.11. The molecule has 1 unspecified atom stereocenters. The van der Waals surface area contributed by atoms with Crippen LogP contribution in [0, 0.1) is 0 Å². The average molecular weight is 198 g/mol. The van der Waals surface area contributed by atoms with Crippen LogP contribution in [0.1, 0.15) is 18.9 Å². The molecule has 0 spiro atoms. The lowest BCUT2D eigenvalue weighted by molar-refractivity contribution is -0.116. The molecular weight excluding hydrogens is 186 g/mol. The standard InChI is InChI=1S/C10H12ClNO/c1-2-10(12,9(11)13)8-6-4-3-5-7-8/h3-7H,2,12H2,1H3. The Kier molecular flexibility index (Phi) is 3.07. The Hall–Kier alpha value is -0.860. The summed E-state index contributed by atoms with van der Waals surface area (Å²) >= 11 is 5.46. The van der Waals surface area contributed by atoms with E-state index in [1.54, 1.807) is 0 Å². The smallest absolute Gasteiger partial charge is 0.246 e. The van der Waals surface area contributed by atoms with Gasteiger partial charge in [-0.3, -0.25) is 4.79 Å². The number of halogens is 1. The Bertz CT molecular complexity index is 299. The molecule has 0 aliphatic rings. The minimum atomic E-state index is -1.04. The van der Waals surface area contributed by atoms with E-state index >= 15 is 0 Å². The van der Waals surface area contributed by atoms with E-state index in [0.29, 0.717) is 6.42 Å². The predicted octanol–water partition coefficient (Wildman–Crippen LogP) is 2.02. The number of nitrogens with two attached hydrogens (primary N) is 1. The molecule has 0 radical (unpaired) electrons. The topological polar surface area (TPSA) is 43.1 Å². The predicted molar refractivity (Wildman–Crippen MR) is 53.5 cm³/mol. The van der Waals surface area contributed by atoms with Crippen molar-refractivity contribution in [3.63, 3.8) is 0 Å². The van der Waals surface area contributed by atoms with Crippen molar-refractivity contribution in [3.05, 3.63) is 35.9 Å². The summed E-state index contributed by atoms with van der Waals surface area (Å²) in [5, 5.41) is -0.513. The fourth-order valence-corrected chi connectivity index (χ4v) is 1.43. The number of benzene rings is 1. The van der Waals surface area contributed by atoms with Gasteiger partial charge in [0.2, 0.25) is 5.24 Å². The maximum atomic E-state index is 11.1. The largest absolute Gasteiger partial charge is 0.314 e. The number of hydrogen-bond donors (Lipinski definition) is 1. The highest BCUT2D eigenvalue weighted by atomic mass is 35.5. The Morgan fingerprint density at radius 2 is 2.00 bits per heavy atom. The number of hydrogen-bond acceptors (Lipinski definition) is 2. The maximum Gasteiger partial charge on any atom is 0.246 e. The number of carbonyl (C=O) groups is 1. The van der Waals surface area contributed by atoms with Crippen molar-refractivity contribution >= 4 is 16.8 Å². The SMILES string of the molecule is CCC(N)(C(=O)Cl)c1ccccc1. The second kappa shape index (κ2) is 3.90. The van der Waals surface area contributed by atoms with Crippen molar-refractivity contribution in [2.24, 2.45) is 5.73 Å². The van der Waals surface area contributed by atoms with E-state index < -0.39 is 10.8 Å². The van der Waals surface area contributed by atoms with Gasteiger partial charge in [-0.05, 0) is 23.6 Å². The zero-order valence-corrected chi connectivity index (χ0v) is 8.21. The second-order valence-corrected chi connectivity index (χ2v) is 3.31. The third-order valence-corrected chi connectivity index (χ3v) is 2.53. The minimum Gasteiger partial charge on any atom is -0.314 e. The van der Waals surface area contributed by atoms with Crippen LogP contribution in [0.4, 0.5) is 0 Å². The summed E-state index contributed by atoms with van der Waals surface area (Å²) in [6.45, 7) is 1.84. The van der Waals surface area contributed by atoms with Gasteiger partial charge in [0.15, 0.2) is 0 Å². The Labute approximate surface area is 82.7 Å². The van der Waals surface area contributed by atoms with E-state index in [4.69, 9.17) is 17.3 Å². The van der Waals surface area contributed by atoms with E-state index in [2.05, 4.69) is 0 Å². The quantitative estimate of drug-likeness (QED) is 0.754. The third-order valence-electron chi connectivity index (χ3n) is 2.20. The molecule has 0 saturated heterocycles. The summed E-state index contributed by atoms with van der Waals surface area (Å²) < 4.78 is 0. The molecule has 1 aromatic rings. The Morgan fingerprint density at radius 1 is 1.46 bits per heavy atom. The summed E-state index contributed by atoms with van der Waals surface area (Å²) in [5.41, 5.74) is 5.60. The van der Waals surface area contributed by atoms with Gasteiger partial charge in [0.05, 0.1) is 0 Å². The zero-order chi connectivity index (χ0) is 9.90. The van der Waals surface area contributed by atoms with Crippen LogP contribution in [0.15, 0.2) is 30.3 Å². The van der Waals surface area contributed by atoms with Crippen LogP contribution in [0.3, 0.4) is 0 Å². The molecule has 0 aromatic heterocycles. The molecule has 0 saturated carbocycles. The third kappa shape index (κ3) is 1.90. The minimum absolute atomic E-state index is 0.499. The van der Waals surface area contributed by atoms with Gasteiger partial charge in [-0.1, -0.05) is 37.3 Å². The van der Waals surface area contributed by atoms with Crippen molar-refractivity contribution in [1.29, 1.82) is 0 Å². The lowest BCUT2D eigenvalue weighted by Gasteiger charge is -2.23. The van der Waals surface area contributed by atoms with Gasteiger partial charge in [0.1, 0.15) is 5.54 Å². The number of rotatable bonds is 3. The summed E-state index contributed by atoms with van der Waals surface area (Å²) in [5.74, 6) is 0. The molecule has 0 fully saturated rings. The van der Waals surface area contributed by atoms with Gasteiger partial charge in [-0.2, -0.15) is 0 Å². The monoisotopic (exact) mass is 197 g/mol. The van der Waals surface area contributed by atoms with Crippen molar-refractivity contribution in [2.75, 3.05) is 0 Å². The fourth-order valence-electron chi connectivity index (χ4n) is 1.19. The van der Waals surface area contributed by atoms with Crippen LogP contribution in [0.2, 0.25) is 0 Å². The van der Waals surface area contributed by atoms with Crippen molar-refractivity contribution in [2.45, 2.75) is 18.9 Å². The van der Waals surface area contributed by atoms with Gasteiger partial charge < -0.3 is 5.73 Å². The number of carbonyl (C=O) groups excluding carboxylic acids is 1. The van der Waals surface area contributed by atoms with Crippen LogP contribution in [0.25, 0.3) is 0 Å². The maximum absolute atomic E-state index is 11.1.